The van der Waals surface area contributed by atoms with Crippen LogP contribution in [-0.2, 0) is 0 Å². The highest BCUT2D eigenvalue weighted by atomic mass is 16.3. The molecule has 0 spiro atoms. The maximum atomic E-state index is 10.3. The summed E-state index contributed by atoms with van der Waals surface area (Å²) in [6.07, 6.45) is 8.94. The van der Waals surface area contributed by atoms with Crippen LogP contribution in [0.25, 0.3) is 0 Å². The Labute approximate surface area is 112 Å². The van der Waals surface area contributed by atoms with Crippen molar-refractivity contribution in [2.75, 3.05) is 6.61 Å². The Hall–Kier alpha value is -0.760. The minimum Gasteiger partial charge on any atom is -0.512 e. The Balaban J connectivity index is 5.12. The molecule has 0 aliphatic carbocycles. The fraction of sp³-hybridized carbons (Fsp3) is 0.750. The summed E-state index contributed by atoms with van der Waals surface area (Å²) in [5, 5.41) is 20.1. The number of aliphatic hydroxyl groups excluding tert-OH is 2. The minimum absolute atomic E-state index is 0.0532. The standard InChI is InChI=1S/C16H30O2/c1-6-7-8-9-15(18)16(12-17,14(4)5)11-10-13(2)3/h9-11,13-14,17-18H,6-8,12H2,1-5H3. The number of rotatable bonds is 8. The third kappa shape index (κ3) is 4.85. The molecule has 0 heterocycles. The monoisotopic (exact) mass is 254 g/mol. The van der Waals surface area contributed by atoms with Gasteiger partial charge in [0, 0.05) is 0 Å². The highest BCUT2D eigenvalue weighted by Gasteiger charge is 2.34. The Bertz CT molecular complexity index is 277. The van der Waals surface area contributed by atoms with Crippen LogP contribution in [0.1, 0.15) is 53.9 Å². The van der Waals surface area contributed by atoms with Crippen molar-refractivity contribution >= 4 is 0 Å². The molecule has 1 atom stereocenters. The van der Waals surface area contributed by atoms with Gasteiger partial charge in [0.15, 0.2) is 0 Å². The molecule has 0 bridgehead atoms. The first-order valence-corrected chi connectivity index (χ1v) is 7.10. The molecule has 0 aromatic carbocycles. The van der Waals surface area contributed by atoms with E-state index in [4.69, 9.17) is 0 Å². The van der Waals surface area contributed by atoms with Crippen molar-refractivity contribution in [3.05, 3.63) is 24.0 Å². The van der Waals surface area contributed by atoms with Gasteiger partial charge in [-0.25, -0.2) is 0 Å². The van der Waals surface area contributed by atoms with Crippen LogP contribution in [0.3, 0.4) is 0 Å². The largest absolute Gasteiger partial charge is 0.512 e. The third-order valence-electron chi connectivity index (χ3n) is 3.44. The van der Waals surface area contributed by atoms with E-state index in [1.807, 2.05) is 26.0 Å². The van der Waals surface area contributed by atoms with Crippen LogP contribution >= 0.6 is 0 Å². The molecule has 2 heteroatoms. The Morgan fingerprint density at radius 3 is 2.22 bits per heavy atom. The molecule has 0 rings (SSSR count). The lowest BCUT2D eigenvalue weighted by molar-refractivity contribution is 0.108. The van der Waals surface area contributed by atoms with E-state index in [1.54, 1.807) is 0 Å². The highest BCUT2D eigenvalue weighted by Crippen LogP contribution is 2.36. The van der Waals surface area contributed by atoms with Crippen LogP contribution in [0.2, 0.25) is 0 Å². The van der Waals surface area contributed by atoms with E-state index in [9.17, 15) is 10.2 Å². The summed E-state index contributed by atoms with van der Waals surface area (Å²) in [6, 6.07) is 0. The molecule has 0 aliphatic rings. The van der Waals surface area contributed by atoms with Crippen LogP contribution in [0.15, 0.2) is 24.0 Å². The van der Waals surface area contributed by atoms with E-state index < -0.39 is 5.41 Å². The van der Waals surface area contributed by atoms with Crippen LogP contribution < -0.4 is 0 Å². The van der Waals surface area contributed by atoms with E-state index in [0.29, 0.717) is 11.7 Å². The Kier molecular flexibility index (Phi) is 8.01. The number of unbranched alkanes of at least 4 members (excludes halogenated alkanes) is 2. The van der Waals surface area contributed by atoms with E-state index in [2.05, 4.69) is 26.8 Å². The zero-order chi connectivity index (χ0) is 14.2. The molecule has 2 nitrogen and oxygen atoms in total. The molecule has 0 saturated heterocycles. The van der Waals surface area contributed by atoms with E-state index in [-0.39, 0.29) is 12.5 Å². The van der Waals surface area contributed by atoms with Gasteiger partial charge in [0.25, 0.3) is 0 Å². The van der Waals surface area contributed by atoms with E-state index in [1.165, 1.54) is 0 Å². The van der Waals surface area contributed by atoms with Gasteiger partial charge in [-0.2, -0.15) is 0 Å². The first-order valence-electron chi connectivity index (χ1n) is 7.10. The van der Waals surface area contributed by atoms with E-state index >= 15 is 0 Å². The van der Waals surface area contributed by atoms with Crippen molar-refractivity contribution in [2.45, 2.75) is 53.9 Å². The minimum atomic E-state index is -0.627. The Morgan fingerprint density at radius 2 is 1.83 bits per heavy atom. The van der Waals surface area contributed by atoms with Gasteiger partial charge < -0.3 is 10.2 Å². The maximum absolute atomic E-state index is 10.3. The molecular weight excluding hydrogens is 224 g/mol. The fourth-order valence-electron chi connectivity index (χ4n) is 1.89. The molecule has 18 heavy (non-hydrogen) atoms. The van der Waals surface area contributed by atoms with Gasteiger partial charge >= 0.3 is 0 Å². The topological polar surface area (TPSA) is 40.5 Å². The van der Waals surface area contributed by atoms with Crippen molar-refractivity contribution in [1.29, 1.82) is 0 Å². The first kappa shape index (κ1) is 17.2. The second-order valence-corrected chi connectivity index (χ2v) is 5.69. The van der Waals surface area contributed by atoms with Crippen LogP contribution in [0.4, 0.5) is 0 Å². The van der Waals surface area contributed by atoms with Crippen molar-refractivity contribution in [1.82, 2.24) is 0 Å². The molecule has 106 valence electrons. The van der Waals surface area contributed by atoms with Gasteiger partial charge in [-0.3, -0.25) is 0 Å². The van der Waals surface area contributed by atoms with Crippen LogP contribution in [-0.4, -0.2) is 16.8 Å². The average molecular weight is 254 g/mol. The molecule has 1 unspecified atom stereocenters. The molecule has 0 radical (unpaired) electrons. The van der Waals surface area contributed by atoms with Crippen LogP contribution in [0, 0.1) is 17.3 Å². The zero-order valence-corrected chi connectivity index (χ0v) is 12.6. The molecule has 0 amide bonds. The molecule has 0 aromatic heterocycles. The van der Waals surface area contributed by atoms with Crippen LogP contribution in [0.5, 0.6) is 0 Å². The van der Waals surface area contributed by atoms with Gasteiger partial charge in [-0.1, -0.05) is 53.2 Å². The van der Waals surface area contributed by atoms with Gasteiger partial charge in [-0.15, -0.1) is 0 Å². The van der Waals surface area contributed by atoms with Gasteiger partial charge in [0.05, 0.1) is 12.0 Å². The van der Waals surface area contributed by atoms with Crippen molar-refractivity contribution in [2.24, 2.45) is 17.3 Å². The second kappa shape index (κ2) is 8.36. The van der Waals surface area contributed by atoms with Gasteiger partial charge in [-0.05, 0) is 30.8 Å². The molecule has 0 fully saturated rings. The zero-order valence-electron chi connectivity index (χ0n) is 12.6. The predicted octanol–water partition coefficient (Wildman–Crippen LogP) is 4.47. The lowest BCUT2D eigenvalue weighted by Crippen LogP contribution is -2.32. The van der Waals surface area contributed by atoms with Gasteiger partial charge in [0.2, 0.25) is 0 Å². The maximum Gasteiger partial charge on any atom is 0.101 e. The summed E-state index contributed by atoms with van der Waals surface area (Å²) >= 11 is 0. The summed E-state index contributed by atoms with van der Waals surface area (Å²) < 4.78 is 0. The molecule has 0 saturated carbocycles. The summed E-state index contributed by atoms with van der Waals surface area (Å²) in [5.41, 5.74) is -0.627. The average Bonchev–Trinajstić information content (AvgIpc) is 2.30. The van der Waals surface area contributed by atoms with Crippen molar-refractivity contribution in [3.63, 3.8) is 0 Å². The lowest BCUT2D eigenvalue weighted by Gasteiger charge is -2.32. The Morgan fingerprint density at radius 1 is 1.22 bits per heavy atom. The fourth-order valence-corrected chi connectivity index (χ4v) is 1.89. The molecular formula is C16H30O2. The third-order valence-corrected chi connectivity index (χ3v) is 3.44. The van der Waals surface area contributed by atoms with Gasteiger partial charge in [0.1, 0.15) is 5.76 Å². The molecule has 0 aromatic rings. The quantitative estimate of drug-likeness (QED) is 0.381. The summed E-state index contributed by atoms with van der Waals surface area (Å²) in [6.45, 7) is 10.3. The summed E-state index contributed by atoms with van der Waals surface area (Å²) in [4.78, 5) is 0. The summed E-state index contributed by atoms with van der Waals surface area (Å²) in [5.74, 6) is 0.888. The predicted molar refractivity (Wildman–Crippen MR) is 78.6 cm³/mol. The van der Waals surface area contributed by atoms with E-state index in [0.717, 1.165) is 19.3 Å². The number of aliphatic hydroxyl groups is 2. The van der Waals surface area contributed by atoms with Crippen molar-refractivity contribution < 1.29 is 10.2 Å². The second-order valence-electron chi connectivity index (χ2n) is 5.69. The normalized spacial score (nSPS) is 16.8. The number of allylic oxidation sites excluding steroid dienone is 2. The SMILES string of the molecule is CCCCC=C(O)C(C=CC(C)C)(CO)C(C)C. The lowest BCUT2D eigenvalue weighted by atomic mass is 9.75. The first-order chi connectivity index (χ1) is 8.40. The molecule has 2 N–H and O–H groups in total. The smallest absolute Gasteiger partial charge is 0.101 e. The molecule has 0 aliphatic heterocycles. The van der Waals surface area contributed by atoms with Crippen molar-refractivity contribution in [3.8, 4) is 0 Å². The highest BCUT2D eigenvalue weighted by molar-refractivity contribution is 5.18. The number of hydrogen-bond acceptors (Lipinski definition) is 2. The summed E-state index contributed by atoms with van der Waals surface area (Å²) in [7, 11) is 0. The number of hydrogen-bond donors (Lipinski definition) is 2.